The molecule has 82 valence electrons. The van der Waals surface area contributed by atoms with Crippen molar-refractivity contribution in [1.29, 1.82) is 0 Å². The Morgan fingerprint density at radius 3 is 2.57 bits per heavy atom. The summed E-state index contributed by atoms with van der Waals surface area (Å²) < 4.78 is 20.1. The van der Waals surface area contributed by atoms with Gasteiger partial charge in [-0.2, -0.15) is 0 Å². The number of hydrogen-bond acceptors (Lipinski definition) is 4. The Kier molecular flexibility index (Phi) is 8.72. The van der Waals surface area contributed by atoms with Gasteiger partial charge in [-0.05, 0) is 35.8 Å². The molecule has 1 unspecified atom stereocenters. The number of allylic oxidation sites excluding steroid dienone is 1. The number of carbonyl (C=O) groups is 1. The number of Topliss-reactive ketones (excluding diaryl/α,β-unsaturated/α-hetero) is 1. The topological polar surface area (TPSA) is 77.4 Å². The van der Waals surface area contributed by atoms with Crippen molar-refractivity contribution in [2.75, 3.05) is 6.61 Å². The van der Waals surface area contributed by atoms with Crippen molar-refractivity contribution in [3.8, 4) is 0 Å². The largest absolute Gasteiger partial charge is 0.769 e. The lowest BCUT2D eigenvalue weighted by atomic mass is 10.1. The van der Waals surface area contributed by atoms with E-state index >= 15 is 0 Å². The summed E-state index contributed by atoms with van der Waals surface area (Å²) in [5.41, 5.74) is 0. The second kappa shape index (κ2) is 9.05. The van der Waals surface area contributed by atoms with Crippen molar-refractivity contribution in [1.82, 2.24) is 0 Å². The lowest BCUT2D eigenvalue weighted by Crippen LogP contribution is -1.98. The van der Waals surface area contributed by atoms with E-state index < -0.39 is 11.1 Å². The minimum Gasteiger partial charge on any atom is -0.769 e. The maximum absolute atomic E-state index is 11.0. The van der Waals surface area contributed by atoms with Gasteiger partial charge < -0.3 is 9.66 Å². The smallest absolute Gasteiger partial charge is 0.133 e. The highest BCUT2D eigenvalue weighted by atomic mass is 32.2. The molecule has 1 N–H and O–H groups in total. The molecule has 0 saturated heterocycles. The van der Waals surface area contributed by atoms with Crippen molar-refractivity contribution in [3.05, 3.63) is 11.5 Å². The van der Waals surface area contributed by atoms with Gasteiger partial charge in [0.1, 0.15) is 5.78 Å². The third kappa shape index (κ3) is 9.57. The first-order chi connectivity index (χ1) is 6.66. The molecule has 0 aromatic rings. The maximum atomic E-state index is 11.0. The molecule has 4 nitrogen and oxygen atoms in total. The molecular formula is C9H15O4S-. The number of aliphatic hydroxyl groups is 1. The third-order valence-corrected chi connectivity index (χ3v) is 2.06. The zero-order valence-electron chi connectivity index (χ0n) is 7.98. The molecule has 0 aliphatic rings. The minimum atomic E-state index is -2.13. The van der Waals surface area contributed by atoms with Gasteiger partial charge in [0, 0.05) is 19.4 Å². The van der Waals surface area contributed by atoms with E-state index in [4.69, 9.17) is 5.11 Å². The highest BCUT2D eigenvalue weighted by Gasteiger charge is 1.99. The van der Waals surface area contributed by atoms with Crippen LogP contribution in [0.15, 0.2) is 11.5 Å². The van der Waals surface area contributed by atoms with Crippen LogP contribution < -0.4 is 0 Å². The van der Waals surface area contributed by atoms with E-state index in [0.29, 0.717) is 32.1 Å². The fourth-order valence-corrected chi connectivity index (χ4v) is 1.26. The molecule has 5 heteroatoms. The number of aliphatic hydroxyl groups excluding tert-OH is 1. The molecule has 0 saturated carbocycles. The van der Waals surface area contributed by atoms with Crippen LogP contribution in [-0.4, -0.2) is 26.3 Å². The first kappa shape index (κ1) is 13.5. The SMILES string of the molecule is O=C(CCCO)CCCC=CS(=O)[O-]. The summed E-state index contributed by atoms with van der Waals surface area (Å²) in [4.78, 5) is 11.0. The van der Waals surface area contributed by atoms with Crippen LogP contribution in [0.4, 0.5) is 0 Å². The maximum Gasteiger partial charge on any atom is 0.133 e. The Hall–Kier alpha value is -0.520. The van der Waals surface area contributed by atoms with Crippen LogP contribution in [0.5, 0.6) is 0 Å². The van der Waals surface area contributed by atoms with Crippen molar-refractivity contribution < 1.29 is 18.7 Å². The first-order valence-electron chi connectivity index (χ1n) is 4.54. The fourth-order valence-electron chi connectivity index (χ4n) is 0.965. The molecule has 0 fully saturated rings. The van der Waals surface area contributed by atoms with E-state index in [1.807, 2.05) is 0 Å². The number of rotatable bonds is 8. The van der Waals surface area contributed by atoms with E-state index in [1.165, 1.54) is 6.08 Å². The van der Waals surface area contributed by atoms with Crippen LogP contribution in [0.2, 0.25) is 0 Å². The van der Waals surface area contributed by atoms with E-state index in [2.05, 4.69) is 0 Å². The normalized spacial score (nSPS) is 13.3. The fraction of sp³-hybridized carbons (Fsp3) is 0.667. The molecule has 0 rings (SSSR count). The number of hydrogen-bond donors (Lipinski definition) is 1. The zero-order valence-corrected chi connectivity index (χ0v) is 8.79. The average molecular weight is 219 g/mol. The van der Waals surface area contributed by atoms with Gasteiger partial charge in [0.2, 0.25) is 0 Å². The van der Waals surface area contributed by atoms with Gasteiger partial charge in [-0.3, -0.25) is 9.00 Å². The van der Waals surface area contributed by atoms with E-state index in [0.717, 1.165) is 5.41 Å². The molecule has 0 amide bonds. The first-order valence-corrected chi connectivity index (χ1v) is 5.68. The molecule has 1 atom stereocenters. The van der Waals surface area contributed by atoms with Gasteiger partial charge >= 0.3 is 0 Å². The van der Waals surface area contributed by atoms with Crippen LogP contribution >= 0.6 is 0 Å². The molecule has 0 aliphatic carbocycles. The highest BCUT2D eigenvalue weighted by molar-refractivity contribution is 7.82. The summed E-state index contributed by atoms with van der Waals surface area (Å²) in [7, 11) is 0. The standard InChI is InChI=1S/C9H16O4S/c10-7-4-6-9(11)5-2-1-3-8-14(12)13/h3,8,10H,1-2,4-7H2,(H,12,13)/p-1. The van der Waals surface area contributed by atoms with Crippen LogP contribution in [0.1, 0.15) is 32.1 Å². The second-order valence-corrected chi connectivity index (χ2v) is 3.68. The van der Waals surface area contributed by atoms with Crippen molar-refractivity contribution in [2.24, 2.45) is 0 Å². The van der Waals surface area contributed by atoms with E-state index in [9.17, 15) is 13.6 Å². The predicted octanol–water partition coefficient (Wildman–Crippen LogP) is 0.891. The number of unbranched alkanes of at least 4 members (excludes halogenated alkanes) is 1. The zero-order chi connectivity index (χ0) is 10.8. The summed E-state index contributed by atoms with van der Waals surface area (Å²) in [6.07, 6.45) is 4.17. The van der Waals surface area contributed by atoms with Gasteiger partial charge in [-0.25, -0.2) is 0 Å². The van der Waals surface area contributed by atoms with Gasteiger partial charge in [0.25, 0.3) is 0 Å². The Labute approximate surface area is 86.3 Å². The second-order valence-electron chi connectivity index (χ2n) is 2.89. The van der Waals surface area contributed by atoms with E-state index in [1.54, 1.807) is 0 Å². The summed E-state index contributed by atoms with van der Waals surface area (Å²) in [5.74, 6) is 0.121. The Morgan fingerprint density at radius 1 is 1.36 bits per heavy atom. The van der Waals surface area contributed by atoms with Crippen LogP contribution in [-0.2, 0) is 15.9 Å². The van der Waals surface area contributed by atoms with Crippen molar-refractivity contribution in [3.63, 3.8) is 0 Å². The van der Waals surface area contributed by atoms with Gasteiger partial charge in [0.15, 0.2) is 0 Å². The van der Waals surface area contributed by atoms with Crippen LogP contribution in [0.25, 0.3) is 0 Å². The molecule has 0 aromatic carbocycles. The van der Waals surface area contributed by atoms with Crippen molar-refractivity contribution in [2.45, 2.75) is 32.1 Å². The molecule has 0 radical (unpaired) electrons. The lowest BCUT2D eigenvalue weighted by molar-refractivity contribution is -0.119. The Bertz CT molecular complexity index is 213. The quantitative estimate of drug-likeness (QED) is 0.486. The minimum absolute atomic E-state index is 0.0425. The lowest BCUT2D eigenvalue weighted by Gasteiger charge is -1.98. The molecule has 14 heavy (non-hydrogen) atoms. The molecule has 0 spiro atoms. The molecule has 0 aliphatic heterocycles. The van der Waals surface area contributed by atoms with Crippen LogP contribution in [0.3, 0.4) is 0 Å². The summed E-state index contributed by atoms with van der Waals surface area (Å²) in [6.45, 7) is 0.0425. The van der Waals surface area contributed by atoms with Crippen LogP contribution in [0, 0.1) is 0 Å². The highest BCUT2D eigenvalue weighted by Crippen LogP contribution is 2.02. The summed E-state index contributed by atoms with van der Waals surface area (Å²) >= 11 is -2.13. The molecule has 0 bridgehead atoms. The Balaban J connectivity index is 3.35. The Morgan fingerprint density at radius 2 is 2.00 bits per heavy atom. The summed E-state index contributed by atoms with van der Waals surface area (Å²) in [5, 5.41) is 9.54. The molecule has 0 heterocycles. The van der Waals surface area contributed by atoms with Gasteiger partial charge in [-0.15, -0.1) is 0 Å². The summed E-state index contributed by atoms with van der Waals surface area (Å²) in [6, 6.07) is 0. The predicted molar refractivity (Wildman–Crippen MR) is 53.2 cm³/mol. The van der Waals surface area contributed by atoms with Gasteiger partial charge in [0.05, 0.1) is 0 Å². The average Bonchev–Trinajstić information content (AvgIpc) is 2.13. The number of ketones is 1. The monoisotopic (exact) mass is 219 g/mol. The third-order valence-electron chi connectivity index (χ3n) is 1.65. The van der Waals surface area contributed by atoms with E-state index in [-0.39, 0.29) is 12.4 Å². The molecule has 0 aromatic heterocycles. The molecular weight excluding hydrogens is 204 g/mol. The number of carbonyl (C=O) groups excluding carboxylic acids is 1. The van der Waals surface area contributed by atoms with Gasteiger partial charge in [-0.1, -0.05) is 6.08 Å². The van der Waals surface area contributed by atoms with Crippen molar-refractivity contribution >= 4 is 16.9 Å².